The van der Waals surface area contributed by atoms with Gasteiger partial charge in [-0.3, -0.25) is 9.05 Å². The van der Waals surface area contributed by atoms with E-state index < -0.39 is 25.1 Å². The van der Waals surface area contributed by atoms with Crippen molar-refractivity contribution in [1.82, 2.24) is 5.06 Å². The van der Waals surface area contributed by atoms with Gasteiger partial charge in [-0.05, 0) is 47.5 Å². The first-order chi connectivity index (χ1) is 8.00. The van der Waals surface area contributed by atoms with Crippen molar-refractivity contribution < 1.29 is 23.0 Å². The Morgan fingerprint density at radius 1 is 1.33 bits per heavy atom. The lowest BCUT2D eigenvalue weighted by atomic mass is 9.80. The maximum Gasteiger partial charge on any atom is 0.513 e. The number of piperidine rings is 1. The number of hydrogen-bond acceptors (Lipinski definition) is 5. The Morgan fingerprint density at radius 2 is 1.78 bits per heavy atom. The van der Waals surface area contributed by atoms with Crippen molar-refractivity contribution in [3.8, 4) is 0 Å². The second kappa shape index (κ2) is 5.17. The van der Waals surface area contributed by atoms with Crippen LogP contribution in [0.3, 0.4) is 0 Å². The first kappa shape index (κ1) is 16.1. The minimum atomic E-state index is -4.49. The molecule has 18 heavy (non-hydrogen) atoms. The summed E-state index contributed by atoms with van der Waals surface area (Å²) in [6.07, 6.45) is 0.225. The average Bonchev–Trinajstić information content (AvgIpc) is 2.11. The highest BCUT2D eigenvalue weighted by atomic mass is 31.2. The first-order valence-corrected chi connectivity index (χ1v) is 7.55. The zero-order valence-corrected chi connectivity index (χ0v) is 12.5. The summed E-state index contributed by atoms with van der Waals surface area (Å²) in [7, 11) is -4.49. The van der Waals surface area contributed by atoms with E-state index in [0.29, 0.717) is 12.8 Å². The Hall–Kier alpha value is -0.0000000000000000139. The van der Waals surface area contributed by atoms with Gasteiger partial charge < -0.3 is 5.21 Å². The normalized spacial score (nSPS) is 27.9. The van der Waals surface area contributed by atoms with Gasteiger partial charge in [-0.25, -0.2) is 4.57 Å². The van der Waals surface area contributed by atoms with Crippen LogP contribution in [0.2, 0.25) is 0 Å². The van der Waals surface area contributed by atoms with Crippen molar-refractivity contribution in [3.63, 3.8) is 0 Å². The molecule has 0 aromatic carbocycles. The topological polar surface area (TPSA) is 59.0 Å². The lowest BCUT2D eigenvalue weighted by Gasteiger charge is -2.51. The summed E-state index contributed by atoms with van der Waals surface area (Å²) in [5.74, 6) is 0. The third kappa shape index (κ3) is 3.75. The number of hydrogen-bond donors (Lipinski definition) is 1. The van der Waals surface area contributed by atoms with Crippen molar-refractivity contribution in [2.75, 3.05) is 6.61 Å². The fourth-order valence-corrected chi connectivity index (χ4v) is 3.49. The number of hydroxylamine groups is 2. The van der Waals surface area contributed by atoms with Gasteiger partial charge in [-0.15, -0.1) is 4.20 Å². The summed E-state index contributed by atoms with van der Waals surface area (Å²) in [4.78, 5) is 0. The van der Waals surface area contributed by atoms with Crippen molar-refractivity contribution in [1.29, 1.82) is 0 Å². The maximum atomic E-state index is 13.5. The van der Waals surface area contributed by atoms with E-state index in [-0.39, 0.29) is 6.61 Å². The molecule has 0 aromatic heterocycles. The Bertz CT molecular complexity index is 330. The fourth-order valence-electron chi connectivity index (χ4n) is 2.62. The molecular formula is C11H23FNO4P. The van der Waals surface area contributed by atoms with Crippen LogP contribution in [0.5, 0.6) is 0 Å². The average molecular weight is 283 g/mol. The lowest BCUT2D eigenvalue weighted by Crippen LogP contribution is -2.60. The summed E-state index contributed by atoms with van der Waals surface area (Å²) >= 11 is 0. The minimum Gasteiger partial charge on any atom is -0.313 e. The van der Waals surface area contributed by atoms with Crippen molar-refractivity contribution in [2.24, 2.45) is 0 Å². The largest absolute Gasteiger partial charge is 0.513 e. The molecule has 0 aliphatic carbocycles. The van der Waals surface area contributed by atoms with E-state index in [2.05, 4.69) is 4.52 Å². The SMILES string of the molecule is CCOP(=O)(F)OC1CC(C)(C)N(O)C(C)(C)C1. The lowest BCUT2D eigenvalue weighted by molar-refractivity contribution is -0.255. The van der Waals surface area contributed by atoms with Gasteiger partial charge in [0.05, 0.1) is 12.7 Å². The van der Waals surface area contributed by atoms with E-state index in [1.54, 1.807) is 6.92 Å². The van der Waals surface area contributed by atoms with Gasteiger partial charge in [-0.1, -0.05) is 0 Å². The van der Waals surface area contributed by atoms with Crippen LogP contribution in [0.25, 0.3) is 0 Å². The molecule has 0 spiro atoms. The second-order valence-electron chi connectivity index (χ2n) is 5.92. The predicted molar refractivity (Wildman–Crippen MR) is 66.2 cm³/mol. The van der Waals surface area contributed by atoms with Crippen LogP contribution in [0.4, 0.5) is 4.20 Å². The van der Waals surface area contributed by atoms with Gasteiger partial charge in [0.1, 0.15) is 0 Å². The van der Waals surface area contributed by atoms with Gasteiger partial charge in [0.2, 0.25) is 0 Å². The van der Waals surface area contributed by atoms with Crippen LogP contribution in [-0.2, 0) is 13.6 Å². The fraction of sp³-hybridized carbons (Fsp3) is 1.00. The van der Waals surface area contributed by atoms with Crippen LogP contribution in [0, 0.1) is 0 Å². The smallest absolute Gasteiger partial charge is 0.313 e. The molecule has 1 saturated heterocycles. The number of nitrogens with zero attached hydrogens (tertiary/aromatic N) is 1. The number of rotatable bonds is 4. The monoisotopic (exact) mass is 283 g/mol. The molecule has 7 heteroatoms. The Morgan fingerprint density at radius 3 is 2.17 bits per heavy atom. The minimum absolute atomic E-state index is 0.000587. The molecule has 0 amide bonds. The summed E-state index contributed by atoms with van der Waals surface area (Å²) < 4.78 is 34.4. The summed E-state index contributed by atoms with van der Waals surface area (Å²) in [6, 6.07) is 0. The van der Waals surface area contributed by atoms with E-state index >= 15 is 0 Å². The molecule has 1 N–H and O–H groups in total. The van der Waals surface area contributed by atoms with Crippen LogP contribution in [0.15, 0.2) is 0 Å². The molecule has 1 rings (SSSR count). The van der Waals surface area contributed by atoms with Crippen molar-refractivity contribution in [3.05, 3.63) is 0 Å². The van der Waals surface area contributed by atoms with E-state index in [4.69, 9.17) is 4.52 Å². The van der Waals surface area contributed by atoms with Crippen molar-refractivity contribution in [2.45, 2.75) is 64.6 Å². The Labute approximate surface area is 108 Å². The molecule has 1 fully saturated rings. The highest BCUT2D eigenvalue weighted by Crippen LogP contribution is 2.53. The van der Waals surface area contributed by atoms with Crippen LogP contribution < -0.4 is 0 Å². The third-order valence-corrected chi connectivity index (χ3v) is 4.28. The van der Waals surface area contributed by atoms with Crippen LogP contribution in [0.1, 0.15) is 47.5 Å². The van der Waals surface area contributed by atoms with Crippen molar-refractivity contribution >= 4 is 7.91 Å². The van der Waals surface area contributed by atoms with Crippen LogP contribution >= 0.6 is 7.91 Å². The Kier molecular flexibility index (Phi) is 4.62. The first-order valence-electron chi connectivity index (χ1n) is 6.12. The summed E-state index contributed by atoms with van der Waals surface area (Å²) in [6.45, 7) is 8.86. The zero-order valence-electron chi connectivity index (χ0n) is 11.6. The van der Waals surface area contributed by atoms with E-state index in [9.17, 15) is 14.0 Å². The molecular weight excluding hydrogens is 260 g/mol. The molecule has 0 aromatic rings. The van der Waals surface area contributed by atoms with Crippen LogP contribution in [-0.4, -0.2) is 34.1 Å². The van der Waals surface area contributed by atoms with E-state index in [1.807, 2.05) is 27.7 Å². The third-order valence-electron chi connectivity index (χ3n) is 3.16. The zero-order chi connectivity index (χ0) is 14.2. The van der Waals surface area contributed by atoms with E-state index in [0.717, 1.165) is 0 Å². The molecule has 0 saturated carbocycles. The molecule has 1 heterocycles. The Balaban J connectivity index is 2.78. The molecule has 0 radical (unpaired) electrons. The highest BCUT2D eigenvalue weighted by molar-refractivity contribution is 7.48. The number of halogens is 1. The predicted octanol–water partition coefficient (Wildman–Crippen LogP) is 3.53. The van der Waals surface area contributed by atoms with Gasteiger partial charge in [-0.2, -0.15) is 5.06 Å². The van der Waals surface area contributed by atoms with Gasteiger partial charge in [0, 0.05) is 11.1 Å². The van der Waals surface area contributed by atoms with Gasteiger partial charge in [0.15, 0.2) is 0 Å². The van der Waals surface area contributed by atoms with Gasteiger partial charge >= 0.3 is 7.91 Å². The summed E-state index contributed by atoms with van der Waals surface area (Å²) in [5, 5.41) is 11.3. The molecule has 1 atom stereocenters. The maximum absolute atomic E-state index is 13.5. The molecule has 0 bridgehead atoms. The molecule has 5 nitrogen and oxygen atoms in total. The molecule has 1 unspecified atom stereocenters. The standard InChI is InChI=1S/C11H23FNO4P/c1-6-16-18(12,15)17-9-7-10(2,3)13(14)11(4,5)8-9/h9,14H,6-8H2,1-5H3. The van der Waals surface area contributed by atoms with E-state index in [1.165, 1.54) is 5.06 Å². The molecule has 108 valence electrons. The molecule has 1 aliphatic heterocycles. The highest BCUT2D eigenvalue weighted by Gasteiger charge is 2.47. The molecule has 1 aliphatic rings. The summed E-state index contributed by atoms with van der Waals surface area (Å²) in [5.41, 5.74) is -1.14. The quantitative estimate of drug-likeness (QED) is 0.800. The second-order valence-corrected chi connectivity index (χ2v) is 7.25. The van der Waals surface area contributed by atoms with Gasteiger partial charge in [0.25, 0.3) is 0 Å².